The molecule has 0 atom stereocenters. The molecule has 5 heteroatoms. The van der Waals surface area contributed by atoms with Gasteiger partial charge in [-0.2, -0.15) is 0 Å². The third-order valence-electron chi connectivity index (χ3n) is 7.21. The van der Waals surface area contributed by atoms with Gasteiger partial charge in [0, 0.05) is 31.8 Å². The summed E-state index contributed by atoms with van der Waals surface area (Å²) >= 11 is 0. The molecule has 5 nitrogen and oxygen atoms in total. The summed E-state index contributed by atoms with van der Waals surface area (Å²) in [5.41, 5.74) is 3.34. The van der Waals surface area contributed by atoms with Gasteiger partial charge in [0.15, 0.2) is 0 Å². The summed E-state index contributed by atoms with van der Waals surface area (Å²) in [6.45, 7) is 12.9. The number of carbonyl (C=O) groups is 1. The van der Waals surface area contributed by atoms with E-state index in [1.165, 1.54) is 44.1 Å². The number of carbonyl (C=O) groups excluding carboxylic acids is 1. The molecule has 0 aromatic heterocycles. The van der Waals surface area contributed by atoms with Crippen molar-refractivity contribution in [2.24, 2.45) is 0 Å². The standard InChI is InChI=1S/C34H55N3O2/c1-6-9-14-30-15-12-16-32(20-17-30)34(38)37(27-26-36(24-10-7-2)25-11-8-3)29-31-18-21-33(22-19-31)39-28-13-23-35(4)5/h12,15,17-22H,6-11,13-14,16,23-29H2,1-5H3. The number of nitrogens with zero attached hydrogens (tertiary/aromatic N) is 3. The van der Waals surface area contributed by atoms with Crippen LogP contribution in [0.2, 0.25) is 0 Å². The molecule has 1 amide bonds. The van der Waals surface area contributed by atoms with Crippen molar-refractivity contribution in [3.63, 3.8) is 0 Å². The Balaban J connectivity index is 2.13. The van der Waals surface area contributed by atoms with Crippen molar-refractivity contribution in [1.82, 2.24) is 14.7 Å². The molecule has 218 valence electrons. The predicted molar refractivity (Wildman–Crippen MR) is 166 cm³/mol. The normalized spacial score (nSPS) is 13.4. The van der Waals surface area contributed by atoms with Crippen molar-refractivity contribution in [1.29, 1.82) is 0 Å². The predicted octanol–water partition coefficient (Wildman–Crippen LogP) is 7.25. The van der Waals surface area contributed by atoms with E-state index in [4.69, 9.17) is 4.74 Å². The number of unbranched alkanes of at least 4 members (excludes halogenated alkanes) is 3. The number of rotatable bonds is 20. The minimum absolute atomic E-state index is 0.155. The molecule has 1 aliphatic rings. The van der Waals surface area contributed by atoms with Gasteiger partial charge in [0.05, 0.1) is 6.61 Å². The van der Waals surface area contributed by atoms with Crippen LogP contribution < -0.4 is 4.74 Å². The van der Waals surface area contributed by atoms with E-state index in [0.717, 1.165) is 62.5 Å². The molecule has 39 heavy (non-hydrogen) atoms. The maximum atomic E-state index is 13.9. The molecule has 0 aliphatic heterocycles. The number of benzene rings is 1. The molecule has 2 rings (SSSR count). The summed E-state index contributed by atoms with van der Waals surface area (Å²) in [6.07, 6.45) is 18.5. The Hall–Kier alpha value is -2.37. The van der Waals surface area contributed by atoms with Crippen molar-refractivity contribution in [3.05, 3.63) is 65.3 Å². The molecule has 1 aromatic rings. The van der Waals surface area contributed by atoms with Gasteiger partial charge in [-0.05, 0) is 89.0 Å². The first-order chi connectivity index (χ1) is 19.0. The molecular formula is C34H55N3O2. The van der Waals surface area contributed by atoms with Crippen molar-refractivity contribution in [2.75, 3.05) is 53.4 Å². The molecule has 0 radical (unpaired) electrons. The van der Waals surface area contributed by atoms with E-state index >= 15 is 0 Å². The summed E-state index contributed by atoms with van der Waals surface area (Å²) in [5, 5.41) is 0. The zero-order valence-electron chi connectivity index (χ0n) is 25.6. The fourth-order valence-electron chi connectivity index (χ4n) is 4.67. The van der Waals surface area contributed by atoms with Crippen LogP contribution in [-0.4, -0.2) is 74.0 Å². The Labute approximate surface area is 239 Å². The number of allylic oxidation sites excluding steroid dienone is 5. The highest BCUT2D eigenvalue weighted by molar-refractivity contribution is 5.94. The molecule has 1 aromatic carbocycles. The van der Waals surface area contributed by atoms with Crippen LogP contribution in [0, 0.1) is 0 Å². The molecular weight excluding hydrogens is 482 g/mol. The maximum Gasteiger partial charge on any atom is 0.250 e. The minimum Gasteiger partial charge on any atom is -0.494 e. The Morgan fingerprint density at radius 3 is 2.15 bits per heavy atom. The maximum absolute atomic E-state index is 13.9. The molecule has 0 saturated heterocycles. The average Bonchev–Trinajstić information content (AvgIpc) is 3.19. The van der Waals surface area contributed by atoms with Gasteiger partial charge >= 0.3 is 0 Å². The summed E-state index contributed by atoms with van der Waals surface area (Å²) in [5.74, 6) is 1.05. The third-order valence-corrected chi connectivity index (χ3v) is 7.21. The van der Waals surface area contributed by atoms with Gasteiger partial charge in [0.1, 0.15) is 5.75 Å². The van der Waals surface area contributed by atoms with Crippen LogP contribution in [0.5, 0.6) is 5.75 Å². The molecule has 0 saturated carbocycles. The Morgan fingerprint density at radius 2 is 1.51 bits per heavy atom. The SMILES string of the molecule is CCCCC1=CC=C(C(=O)N(CCN(CCCC)CCCC)Cc2ccc(OCCCN(C)C)cc2)CC=C1. The monoisotopic (exact) mass is 537 g/mol. The van der Waals surface area contributed by atoms with Crippen LogP contribution >= 0.6 is 0 Å². The first-order valence-electron chi connectivity index (χ1n) is 15.4. The molecule has 0 bridgehead atoms. The average molecular weight is 538 g/mol. The zero-order chi connectivity index (χ0) is 28.3. The summed E-state index contributed by atoms with van der Waals surface area (Å²) in [6, 6.07) is 8.30. The lowest BCUT2D eigenvalue weighted by molar-refractivity contribution is -0.128. The number of amides is 1. The second-order valence-corrected chi connectivity index (χ2v) is 11.1. The molecule has 0 spiro atoms. The van der Waals surface area contributed by atoms with Gasteiger partial charge in [-0.1, -0.05) is 76.5 Å². The van der Waals surface area contributed by atoms with Crippen molar-refractivity contribution in [2.45, 2.75) is 85.1 Å². The van der Waals surface area contributed by atoms with Crippen LogP contribution in [0.1, 0.15) is 84.1 Å². The highest BCUT2D eigenvalue weighted by Crippen LogP contribution is 2.20. The second-order valence-electron chi connectivity index (χ2n) is 11.1. The fraction of sp³-hybridized carbons (Fsp3) is 0.618. The van der Waals surface area contributed by atoms with Crippen LogP contribution in [0.4, 0.5) is 0 Å². The zero-order valence-corrected chi connectivity index (χ0v) is 25.6. The molecule has 1 aliphatic carbocycles. The van der Waals surface area contributed by atoms with Crippen LogP contribution in [0.15, 0.2) is 59.7 Å². The van der Waals surface area contributed by atoms with E-state index in [9.17, 15) is 4.79 Å². The van der Waals surface area contributed by atoms with Gasteiger partial charge in [-0.15, -0.1) is 0 Å². The summed E-state index contributed by atoms with van der Waals surface area (Å²) < 4.78 is 5.93. The third kappa shape index (κ3) is 13.5. The largest absolute Gasteiger partial charge is 0.494 e. The van der Waals surface area contributed by atoms with E-state index in [-0.39, 0.29) is 5.91 Å². The topological polar surface area (TPSA) is 36.0 Å². The van der Waals surface area contributed by atoms with Crippen LogP contribution in [0.3, 0.4) is 0 Å². The summed E-state index contributed by atoms with van der Waals surface area (Å²) in [4.78, 5) is 20.6. The van der Waals surface area contributed by atoms with Crippen molar-refractivity contribution >= 4 is 5.91 Å². The van der Waals surface area contributed by atoms with E-state index in [1.807, 2.05) is 12.1 Å². The van der Waals surface area contributed by atoms with Crippen molar-refractivity contribution in [3.8, 4) is 5.75 Å². The molecule has 0 N–H and O–H groups in total. The van der Waals surface area contributed by atoms with E-state index in [2.05, 4.69) is 86.0 Å². The molecule has 0 heterocycles. The van der Waals surface area contributed by atoms with Gasteiger partial charge < -0.3 is 19.4 Å². The van der Waals surface area contributed by atoms with E-state index in [0.29, 0.717) is 19.6 Å². The second kappa shape index (κ2) is 19.7. The fourth-order valence-corrected chi connectivity index (χ4v) is 4.67. The lowest BCUT2D eigenvalue weighted by atomic mass is 10.1. The van der Waals surface area contributed by atoms with Gasteiger partial charge in [-0.3, -0.25) is 4.79 Å². The highest BCUT2D eigenvalue weighted by Gasteiger charge is 2.20. The van der Waals surface area contributed by atoms with Gasteiger partial charge in [-0.25, -0.2) is 0 Å². The number of hydrogen-bond acceptors (Lipinski definition) is 4. The molecule has 0 fully saturated rings. The quantitative estimate of drug-likeness (QED) is 0.164. The Kier molecular flexibility index (Phi) is 16.5. The number of hydrogen-bond donors (Lipinski definition) is 0. The van der Waals surface area contributed by atoms with Gasteiger partial charge in [0.25, 0.3) is 0 Å². The van der Waals surface area contributed by atoms with Crippen molar-refractivity contribution < 1.29 is 9.53 Å². The van der Waals surface area contributed by atoms with Gasteiger partial charge in [0.2, 0.25) is 5.91 Å². The molecule has 0 unspecified atom stereocenters. The smallest absolute Gasteiger partial charge is 0.250 e. The first kappa shape index (κ1) is 32.8. The highest BCUT2D eigenvalue weighted by atomic mass is 16.5. The summed E-state index contributed by atoms with van der Waals surface area (Å²) in [7, 11) is 4.16. The lowest BCUT2D eigenvalue weighted by Crippen LogP contribution is -2.39. The Morgan fingerprint density at radius 1 is 0.821 bits per heavy atom. The minimum atomic E-state index is 0.155. The Bertz CT molecular complexity index is 894. The lowest BCUT2D eigenvalue weighted by Gasteiger charge is -2.28. The first-order valence-corrected chi connectivity index (χ1v) is 15.4. The van der Waals surface area contributed by atoms with Crippen LogP contribution in [-0.2, 0) is 11.3 Å². The van der Waals surface area contributed by atoms with Crippen LogP contribution in [0.25, 0.3) is 0 Å². The van der Waals surface area contributed by atoms with E-state index in [1.54, 1.807) is 0 Å². The number of ether oxygens (including phenoxy) is 1. The van der Waals surface area contributed by atoms with E-state index < -0.39 is 0 Å².